The first-order chi connectivity index (χ1) is 28.8. The van der Waals surface area contributed by atoms with Gasteiger partial charge in [-0.25, -0.2) is 0 Å². The molecule has 0 bridgehead atoms. The van der Waals surface area contributed by atoms with E-state index in [9.17, 15) is 33.6 Å². The van der Waals surface area contributed by atoms with Crippen LogP contribution in [0.4, 0.5) is 0 Å². The first-order valence-corrected chi connectivity index (χ1v) is 23.4. The normalized spacial score (nSPS) is 16.4. The third-order valence-electron chi connectivity index (χ3n) is 9.23. The maximum Gasteiger partial charge on any atom is 0.309 e. The van der Waals surface area contributed by atoms with Crippen LogP contribution in [0.5, 0.6) is 0 Å². The third kappa shape index (κ3) is 28.2. The molecule has 0 aliphatic carbocycles. The SMILES string of the molecule is CCC(CC(CC(CC(CC(CC(CC(C)C(=O)OC(C)(C)C)C(=O)OC(C)(C)C)C(=O)OC(C)(C)C)C(=O)OC(C)(C)C)C(=O)OC(C)(C)C)C(=O)OC(C)(C)C)C(=O)OC(C)(C)C. The van der Waals surface area contributed by atoms with Gasteiger partial charge in [-0.2, -0.15) is 0 Å². The highest BCUT2D eigenvalue weighted by atomic mass is 16.6. The van der Waals surface area contributed by atoms with E-state index >= 15 is 0 Å². The molecule has 65 heavy (non-hydrogen) atoms. The van der Waals surface area contributed by atoms with Crippen LogP contribution in [0.2, 0.25) is 0 Å². The number of carbonyl (C=O) groups is 7. The van der Waals surface area contributed by atoms with Crippen LogP contribution >= 0.6 is 0 Å². The van der Waals surface area contributed by atoms with Crippen molar-refractivity contribution in [1.82, 2.24) is 0 Å². The lowest BCUT2D eigenvalue weighted by Crippen LogP contribution is -2.39. The summed E-state index contributed by atoms with van der Waals surface area (Å²) in [7, 11) is 0. The fourth-order valence-corrected chi connectivity index (χ4v) is 6.83. The molecule has 0 rings (SSSR count). The van der Waals surface area contributed by atoms with Gasteiger partial charge >= 0.3 is 41.8 Å². The van der Waals surface area contributed by atoms with Gasteiger partial charge in [-0.3, -0.25) is 33.6 Å². The molecule has 0 saturated carbocycles. The summed E-state index contributed by atoms with van der Waals surface area (Å²) in [6.45, 7) is 39.4. The minimum Gasteiger partial charge on any atom is -0.460 e. The highest BCUT2D eigenvalue weighted by Gasteiger charge is 2.43. The van der Waals surface area contributed by atoms with Crippen molar-refractivity contribution in [1.29, 1.82) is 0 Å². The monoisotopic (exact) mass is 927 g/mol. The maximum absolute atomic E-state index is 14.5. The van der Waals surface area contributed by atoms with Crippen molar-refractivity contribution in [3.05, 3.63) is 0 Å². The predicted octanol–water partition coefficient (Wildman–Crippen LogP) is 10.5. The molecule has 0 spiro atoms. The van der Waals surface area contributed by atoms with Crippen LogP contribution in [0.3, 0.4) is 0 Å². The van der Waals surface area contributed by atoms with E-state index in [0.717, 1.165) is 0 Å². The van der Waals surface area contributed by atoms with Crippen LogP contribution < -0.4 is 0 Å². The van der Waals surface area contributed by atoms with E-state index in [0.29, 0.717) is 6.42 Å². The Bertz CT molecular complexity index is 1600. The Labute approximate surface area is 392 Å². The van der Waals surface area contributed by atoms with Crippen molar-refractivity contribution in [2.45, 2.75) is 243 Å². The van der Waals surface area contributed by atoms with Gasteiger partial charge in [0.05, 0.1) is 41.4 Å². The Morgan fingerprint density at radius 3 is 0.615 bits per heavy atom. The summed E-state index contributed by atoms with van der Waals surface area (Å²) in [4.78, 5) is 98.1. The Kier molecular flexibility index (Phi) is 22.5. The molecule has 0 amide bonds. The molecule has 0 aromatic carbocycles. The summed E-state index contributed by atoms with van der Waals surface area (Å²) in [6.07, 6.45) is -0.629. The molecule has 14 heteroatoms. The van der Waals surface area contributed by atoms with Crippen molar-refractivity contribution in [3.8, 4) is 0 Å². The molecular formula is C51H90O14. The Balaban J connectivity index is 7.84. The second-order valence-electron chi connectivity index (χ2n) is 24.6. The highest BCUT2D eigenvalue weighted by Crippen LogP contribution is 2.37. The summed E-state index contributed by atoms with van der Waals surface area (Å²) < 4.78 is 40.9. The lowest BCUT2D eigenvalue weighted by Gasteiger charge is -2.33. The molecular weight excluding hydrogens is 837 g/mol. The molecule has 0 aromatic heterocycles. The summed E-state index contributed by atoms with van der Waals surface area (Å²) in [5.41, 5.74) is -6.40. The maximum atomic E-state index is 14.5. The number of esters is 7. The number of carbonyl (C=O) groups excluding carboxylic acids is 7. The van der Waals surface area contributed by atoms with Gasteiger partial charge < -0.3 is 33.2 Å². The van der Waals surface area contributed by atoms with Crippen molar-refractivity contribution in [3.63, 3.8) is 0 Å². The topological polar surface area (TPSA) is 184 Å². The highest BCUT2D eigenvalue weighted by molar-refractivity contribution is 5.81. The van der Waals surface area contributed by atoms with Crippen LogP contribution in [0.25, 0.3) is 0 Å². The molecule has 0 aliphatic heterocycles. The molecule has 0 radical (unpaired) electrons. The quantitative estimate of drug-likeness (QED) is 0.0830. The summed E-state index contributed by atoms with van der Waals surface area (Å²) >= 11 is 0. The van der Waals surface area contributed by atoms with E-state index in [2.05, 4.69) is 0 Å². The van der Waals surface area contributed by atoms with Crippen LogP contribution in [0.15, 0.2) is 0 Å². The fourth-order valence-electron chi connectivity index (χ4n) is 6.83. The zero-order chi connectivity index (χ0) is 51.5. The molecule has 0 fully saturated rings. The zero-order valence-corrected chi connectivity index (χ0v) is 44.7. The van der Waals surface area contributed by atoms with Crippen molar-refractivity contribution in [2.75, 3.05) is 0 Å². The fraction of sp³-hybridized carbons (Fsp3) is 0.863. The van der Waals surface area contributed by atoms with Gasteiger partial charge in [-0.05, 0) is 190 Å². The second kappa shape index (κ2) is 23.8. The van der Waals surface area contributed by atoms with E-state index in [1.165, 1.54) is 0 Å². The average molecular weight is 927 g/mol. The first-order valence-electron chi connectivity index (χ1n) is 23.4. The van der Waals surface area contributed by atoms with E-state index in [4.69, 9.17) is 33.2 Å². The lowest BCUT2D eigenvalue weighted by atomic mass is 9.78. The number of ether oxygens (including phenoxy) is 7. The van der Waals surface area contributed by atoms with Gasteiger partial charge in [0.25, 0.3) is 0 Å². The van der Waals surface area contributed by atoms with Crippen molar-refractivity contribution >= 4 is 41.8 Å². The third-order valence-corrected chi connectivity index (χ3v) is 9.23. The molecule has 0 aliphatic rings. The molecule has 0 saturated heterocycles. The predicted molar refractivity (Wildman–Crippen MR) is 249 cm³/mol. The largest absolute Gasteiger partial charge is 0.460 e. The Morgan fingerprint density at radius 2 is 0.431 bits per heavy atom. The van der Waals surface area contributed by atoms with E-state index in [1.807, 2.05) is 0 Å². The molecule has 14 nitrogen and oxygen atoms in total. The number of hydrogen-bond acceptors (Lipinski definition) is 14. The van der Waals surface area contributed by atoms with Gasteiger partial charge in [0.2, 0.25) is 0 Å². The second-order valence-corrected chi connectivity index (χ2v) is 24.6. The van der Waals surface area contributed by atoms with Crippen molar-refractivity contribution in [2.24, 2.45) is 41.4 Å². The molecule has 0 heterocycles. The van der Waals surface area contributed by atoms with Gasteiger partial charge in [0.15, 0.2) is 0 Å². The lowest BCUT2D eigenvalue weighted by molar-refractivity contribution is -0.169. The number of hydrogen-bond donors (Lipinski definition) is 0. The van der Waals surface area contributed by atoms with Gasteiger partial charge in [0, 0.05) is 0 Å². The number of rotatable bonds is 20. The summed E-state index contributed by atoms with van der Waals surface area (Å²) in [5, 5.41) is 0. The van der Waals surface area contributed by atoms with E-state index in [1.54, 1.807) is 159 Å². The Hall–Kier alpha value is -3.71. The molecule has 0 N–H and O–H groups in total. The van der Waals surface area contributed by atoms with Gasteiger partial charge in [-0.15, -0.1) is 0 Å². The Morgan fingerprint density at radius 1 is 0.277 bits per heavy atom. The molecule has 7 atom stereocenters. The van der Waals surface area contributed by atoms with E-state index in [-0.39, 0.29) is 38.5 Å². The molecule has 7 unspecified atom stereocenters. The summed E-state index contributed by atoms with van der Waals surface area (Å²) in [5.74, 6) is -11.6. The smallest absolute Gasteiger partial charge is 0.309 e. The first kappa shape index (κ1) is 61.3. The van der Waals surface area contributed by atoms with Gasteiger partial charge in [-0.1, -0.05) is 13.8 Å². The van der Waals surface area contributed by atoms with Crippen molar-refractivity contribution < 1.29 is 66.7 Å². The minimum absolute atomic E-state index is 0.0232. The average Bonchev–Trinajstić information content (AvgIpc) is 3.02. The van der Waals surface area contributed by atoms with E-state index < -0.39 is 122 Å². The summed E-state index contributed by atoms with van der Waals surface area (Å²) in [6, 6.07) is 0. The molecule has 378 valence electrons. The van der Waals surface area contributed by atoms with Crippen LogP contribution in [0.1, 0.15) is 204 Å². The minimum atomic E-state index is -1.20. The molecule has 0 aromatic rings. The van der Waals surface area contributed by atoms with Gasteiger partial charge in [0.1, 0.15) is 39.2 Å². The van der Waals surface area contributed by atoms with Crippen LogP contribution in [0, 0.1) is 41.4 Å². The van der Waals surface area contributed by atoms with Crippen LogP contribution in [-0.4, -0.2) is 81.0 Å². The standard InChI is InChI=1S/C51H90O14/c1-24-32(39(53)60-46(6,7)8)26-34(41(55)62-48(12,13)14)28-36(43(57)64-50(18,19)20)30-37(44(58)65-51(21,22)23)29-35(42(56)63-49(15,16)17)27-33(40(54)61-47(9,10)11)25-31(2)38(52)59-45(3,4)5/h31-37H,24-30H2,1-23H3. The zero-order valence-electron chi connectivity index (χ0n) is 44.7. The van der Waals surface area contributed by atoms with Crippen LogP contribution in [-0.2, 0) is 66.7 Å².